The number of rotatable bonds is 5. The number of carbonyl (C=O) groups excluding carboxylic acids is 4. The molecule has 35 heavy (non-hydrogen) atoms. The number of hydrogen-bond acceptors (Lipinski definition) is 6. The van der Waals surface area contributed by atoms with Gasteiger partial charge in [0.05, 0.1) is 30.6 Å². The predicted molar refractivity (Wildman–Crippen MR) is 126 cm³/mol. The van der Waals surface area contributed by atoms with Gasteiger partial charge < -0.3 is 14.4 Å². The zero-order valence-electron chi connectivity index (χ0n) is 19.1. The summed E-state index contributed by atoms with van der Waals surface area (Å²) in [5.41, 5.74) is 1.06. The minimum absolute atomic E-state index is 0.0397. The van der Waals surface area contributed by atoms with Gasteiger partial charge in [0.15, 0.2) is 0 Å². The second kappa shape index (κ2) is 8.08. The number of benzene rings is 2. The molecular weight excluding hydrogens is 448 g/mol. The topological polar surface area (TPSA) is 93.2 Å². The molecule has 2 aliphatic carbocycles. The molecule has 1 saturated carbocycles. The molecule has 6 rings (SSSR count). The van der Waals surface area contributed by atoms with E-state index in [0.717, 1.165) is 6.42 Å². The van der Waals surface area contributed by atoms with E-state index >= 15 is 0 Å². The van der Waals surface area contributed by atoms with E-state index in [0.29, 0.717) is 17.1 Å². The zero-order chi connectivity index (χ0) is 24.3. The van der Waals surface area contributed by atoms with Crippen LogP contribution >= 0.6 is 0 Å². The van der Waals surface area contributed by atoms with E-state index in [9.17, 15) is 19.2 Å². The summed E-state index contributed by atoms with van der Waals surface area (Å²) in [6.07, 6.45) is 5.01. The fourth-order valence-electron chi connectivity index (χ4n) is 5.94. The van der Waals surface area contributed by atoms with Crippen molar-refractivity contribution in [3.63, 3.8) is 0 Å². The maximum atomic E-state index is 13.1. The molecule has 2 heterocycles. The summed E-state index contributed by atoms with van der Waals surface area (Å²) < 4.78 is 10.8. The summed E-state index contributed by atoms with van der Waals surface area (Å²) in [5, 5.41) is 0. The summed E-state index contributed by atoms with van der Waals surface area (Å²) in [4.78, 5) is 54.5. The number of carbonyl (C=O) groups is 4. The lowest BCUT2D eigenvalue weighted by atomic mass is 9.85. The molecule has 178 valence electrons. The van der Waals surface area contributed by atoms with Crippen LogP contribution in [0.5, 0.6) is 11.5 Å². The fraction of sp³-hybridized carbons (Fsp3) is 0.333. The summed E-state index contributed by atoms with van der Waals surface area (Å²) >= 11 is 0. The molecule has 4 aliphatic rings. The van der Waals surface area contributed by atoms with Crippen LogP contribution in [0.3, 0.4) is 0 Å². The van der Waals surface area contributed by atoms with Gasteiger partial charge in [-0.25, -0.2) is 4.90 Å². The zero-order valence-corrected chi connectivity index (χ0v) is 19.1. The van der Waals surface area contributed by atoms with Crippen molar-refractivity contribution in [1.82, 2.24) is 0 Å². The average Bonchev–Trinajstić information content (AvgIpc) is 3.63. The molecule has 0 radical (unpaired) electrons. The maximum Gasteiger partial charge on any atom is 0.316 e. The van der Waals surface area contributed by atoms with E-state index in [-0.39, 0.29) is 60.1 Å². The molecule has 0 N–H and O–H groups in total. The van der Waals surface area contributed by atoms with Crippen LogP contribution in [-0.2, 0) is 19.2 Å². The van der Waals surface area contributed by atoms with Crippen molar-refractivity contribution in [2.75, 3.05) is 23.5 Å². The van der Waals surface area contributed by atoms with Crippen LogP contribution in [0.2, 0.25) is 0 Å². The Morgan fingerprint density at radius 1 is 0.886 bits per heavy atom. The van der Waals surface area contributed by atoms with Gasteiger partial charge in [0.2, 0.25) is 17.7 Å². The van der Waals surface area contributed by atoms with E-state index < -0.39 is 11.9 Å². The lowest BCUT2D eigenvalue weighted by molar-refractivity contribution is -0.139. The first kappa shape index (κ1) is 21.6. The average molecular weight is 472 g/mol. The Labute approximate surface area is 202 Å². The Hall–Kier alpha value is -3.94. The van der Waals surface area contributed by atoms with Gasteiger partial charge >= 0.3 is 5.97 Å². The summed E-state index contributed by atoms with van der Waals surface area (Å²) in [7, 11) is 1.55. The van der Waals surface area contributed by atoms with Crippen LogP contribution in [0.4, 0.5) is 11.4 Å². The Balaban J connectivity index is 1.16. The third-order valence-corrected chi connectivity index (χ3v) is 7.59. The quantitative estimate of drug-likeness (QED) is 0.288. The summed E-state index contributed by atoms with van der Waals surface area (Å²) in [6.45, 7) is 0.201. The highest BCUT2D eigenvalue weighted by Crippen LogP contribution is 2.53. The molecule has 3 fully saturated rings. The molecule has 3 amide bonds. The second-order valence-corrected chi connectivity index (χ2v) is 9.54. The van der Waals surface area contributed by atoms with Crippen LogP contribution in [0.25, 0.3) is 0 Å². The van der Waals surface area contributed by atoms with Gasteiger partial charge in [-0.1, -0.05) is 24.3 Å². The fourth-order valence-corrected chi connectivity index (χ4v) is 5.94. The summed E-state index contributed by atoms with van der Waals surface area (Å²) in [6, 6.07) is 13.6. The highest BCUT2D eigenvalue weighted by atomic mass is 16.5. The monoisotopic (exact) mass is 472 g/mol. The second-order valence-electron chi connectivity index (χ2n) is 9.54. The molecule has 0 unspecified atom stereocenters. The van der Waals surface area contributed by atoms with Crippen molar-refractivity contribution in [3.8, 4) is 11.5 Å². The maximum absolute atomic E-state index is 13.1. The van der Waals surface area contributed by atoms with E-state index in [1.807, 2.05) is 0 Å². The van der Waals surface area contributed by atoms with Gasteiger partial charge in [-0.3, -0.25) is 19.2 Å². The number of ether oxygens (including phenoxy) is 2. The normalized spacial score (nSPS) is 28.7. The van der Waals surface area contributed by atoms with Gasteiger partial charge in [0.1, 0.15) is 11.5 Å². The molecule has 2 aromatic carbocycles. The number of methoxy groups -OCH3 is 1. The molecule has 2 bridgehead atoms. The molecule has 8 heteroatoms. The van der Waals surface area contributed by atoms with Crippen LogP contribution in [0.15, 0.2) is 60.7 Å². The van der Waals surface area contributed by atoms with E-state index in [1.54, 1.807) is 60.5 Å². The van der Waals surface area contributed by atoms with Crippen molar-refractivity contribution in [3.05, 3.63) is 60.7 Å². The highest BCUT2D eigenvalue weighted by Gasteiger charge is 2.59. The van der Waals surface area contributed by atoms with Crippen molar-refractivity contribution in [2.45, 2.75) is 12.8 Å². The van der Waals surface area contributed by atoms with Gasteiger partial charge in [-0.05, 0) is 42.5 Å². The molecule has 0 aromatic heterocycles. The van der Waals surface area contributed by atoms with Gasteiger partial charge in [0, 0.05) is 30.8 Å². The Morgan fingerprint density at radius 2 is 1.51 bits per heavy atom. The standard InChI is InChI=1S/C27H24N2O6/c1-34-20-6-2-4-18(12-20)28-14-17(11-22(28)30)27(33)35-21-7-3-5-19(13-21)29-25(31)23-15-8-9-16(10-15)24(23)26(29)32/h2-9,12-13,15-17,23-24H,10-11,14H2,1H3/t15-,16-,17-,23-,24-/m0/s1. The van der Waals surface area contributed by atoms with Gasteiger partial charge in [-0.2, -0.15) is 0 Å². The van der Waals surface area contributed by atoms with Crippen molar-refractivity contribution in [1.29, 1.82) is 0 Å². The number of nitrogens with zero attached hydrogens (tertiary/aromatic N) is 2. The molecule has 2 aromatic rings. The van der Waals surface area contributed by atoms with E-state index in [1.165, 1.54) is 4.90 Å². The largest absolute Gasteiger partial charge is 0.497 e. The van der Waals surface area contributed by atoms with Crippen molar-refractivity contribution in [2.24, 2.45) is 29.6 Å². The van der Waals surface area contributed by atoms with Crippen LogP contribution in [-0.4, -0.2) is 37.3 Å². The molecule has 0 spiro atoms. The van der Waals surface area contributed by atoms with E-state index in [4.69, 9.17) is 9.47 Å². The van der Waals surface area contributed by atoms with Crippen LogP contribution < -0.4 is 19.3 Å². The third kappa shape index (κ3) is 3.43. The summed E-state index contributed by atoms with van der Waals surface area (Å²) in [5.74, 6) is -1.18. The Kier molecular flexibility index (Phi) is 4.98. The van der Waals surface area contributed by atoms with Crippen molar-refractivity contribution >= 4 is 35.1 Å². The first-order chi connectivity index (χ1) is 16.9. The van der Waals surface area contributed by atoms with Gasteiger partial charge in [0.25, 0.3) is 0 Å². The Bertz CT molecular complexity index is 1260. The molecule has 2 saturated heterocycles. The molecule has 2 aliphatic heterocycles. The Morgan fingerprint density at radius 3 is 2.20 bits per heavy atom. The van der Waals surface area contributed by atoms with Gasteiger partial charge in [-0.15, -0.1) is 0 Å². The molecule has 5 atom stereocenters. The smallest absolute Gasteiger partial charge is 0.316 e. The van der Waals surface area contributed by atoms with Crippen LogP contribution in [0.1, 0.15) is 12.8 Å². The lowest BCUT2D eigenvalue weighted by Gasteiger charge is -2.18. The first-order valence-electron chi connectivity index (χ1n) is 11.8. The third-order valence-electron chi connectivity index (χ3n) is 7.59. The van der Waals surface area contributed by atoms with Crippen molar-refractivity contribution < 1.29 is 28.7 Å². The molecule has 8 nitrogen and oxygen atoms in total. The number of allylic oxidation sites excluding steroid dienone is 2. The number of hydrogen-bond donors (Lipinski definition) is 0. The minimum Gasteiger partial charge on any atom is -0.497 e. The number of imide groups is 1. The number of amides is 3. The highest BCUT2D eigenvalue weighted by molar-refractivity contribution is 6.22. The first-order valence-corrected chi connectivity index (χ1v) is 11.8. The lowest BCUT2D eigenvalue weighted by Crippen LogP contribution is -2.32. The van der Waals surface area contributed by atoms with E-state index in [2.05, 4.69) is 12.2 Å². The SMILES string of the molecule is COc1cccc(N2C[C@@H](C(=O)Oc3cccc(N4C(=O)[C@@H]5[C@@H](C4=O)[C@H]4C=C[C@H]5C4)c3)CC2=O)c1. The molecular formula is C27H24N2O6. The van der Waals surface area contributed by atoms with Crippen LogP contribution in [0, 0.1) is 29.6 Å². The minimum atomic E-state index is -0.631. The number of fused-ring (bicyclic) bond motifs is 5. The number of esters is 1. The predicted octanol–water partition coefficient (Wildman–Crippen LogP) is 2.97. The number of anilines is 2.